The number of hydrogen-bond donors (Lipinski definition) is 0. The first-order valence-electron chi connectivity index (χ1n) is 10.9. The van der Waals surface area contributed by atoms with Crippen LogP contribution in [0.1, 0.15) is 37.9 Å². The second kappa shape index (κ2) is 8.33. The molecule has 2 aromatic heterocycles. The Hall–Kier alpha value is -2.49. The van der Waals surface area contributed by atoms with E-state index >= 15 is 0 Å². The van der Waals surface area contributed by atoms with Crippen LogP contribution in [0.3, 0.4) is 0 Å². The van der Waals surface area contributed by atoms with E-state index in [0.717, 1.165) is 46.7 Å². The number of nitriles is 1. The van der Waals surface area contributed by atoms with Crippen LogP contribution < -0.4 is 5.56 Å². The largest absolute Gasteiger partial charge is 0.296 e. The third-order valence-electron chi connectivity index (χ3n) is 6.83. The molecule has 1 aliphatic heterocycles. The van der Waals surface area contributed by atoms with Crippen LogP contribution in [0.4, 0.5) is 0 Å². The molecule has 0 amide bonds. The smallest absolute Gasteiger partial charge is 0.263 e. The van der Waals surface area contributed by atoms with Gasteiger partial charge in [0.05, 0.1) is 18.0 Å². The third-order valence-corrected chi connectivity index (χ3v) is 7.70. The number of hydrogen-bond acceptors (Lipinski definition) is 5. The number of benzene rings is 1. The van der Waals surface area contributed by atoms with Crippen LogP contribution in [0.2, 0.25) is 0 Å². The molecule has 6 heteroatoms. The Morgan fingerprint density at radius 1 is 1.13 bits per heavy atom. The van der Waals surface area contributed by atoms with Gasteiger partial charge in [0.25, 0.3) is 5.56 Å². The van der Waals surface area contributed by atoms with E-state index in [0.29, 0.717) is 11.9 Å². The highest BCUT2D eigenvalue weighted by Gasteiger charge is 2.31. The second-order valence-corrected chi connectivity index (χ2v) is 9.46. The van der Waals surface area contributed by atoms with Crippen molar-refractivity contribution < 1.29 is 0 Å². The molecule has 1 saturated carbocycles. The van der Waals surface area contributed by atoms with Crippen molar-refractivity contribution in [1.82, 2.24) is 14.5 Å². The molecule has 5 rings (SSSR count). The Morgan fingerprint density at radius 3 is 2.73 bits per heavy atom. The summed E-state index contributed by atoms with van der Waals surface area (Å²) >= 11 is 1.52. The summed E-state index contributed by atoms with van der Waals surface area (Å²) in [6, 6.07) is 12.1. The molecule has 30 heavy (non-hydrogen) atoms. The van der Waals surface area contributed by atoms with Crippen molar-refractivity contribution in [3.8, 4) is 17.2 Å². The molecule has 2 fully saturated rings. The highest BCUT2D eigenvalue weighted by atomic mass is 32.1. The predicted octanol–water partition coefficient (Wildman–Crippen LogP) is 4.66. The number of rotatable bonds is 4. The molecule has 2 atom stereocenters. The lowest BCUT2D eigenvalue weighted by Crippen LogP contribution is -2.42. The van der Waals surface area contributed by atoms with E-state index in [1.54, 1.807) is 4.57 Å². The zero-order valence-electron chi connectivity index (χ0n) is 17.1. The van der Waals surface area contributed by atoms with Crippen molar-refractivity contribution in [1.29, 1.82) is 5.26 Å². The van der Waals surface area contributed by atoms with Crippen LogP contribution in [0.15, 0.2) is 40.5 Å². The Morgan fingerprint density at radius 2 is 1.93 bits per heavy atom. The molecule has 1 aliphatic carbocycles. The number of thiophene rings is 1. The van der Waals surface area contributed by atoms with Gasteiger partial charge in [0.1, 0.15) is 17.2 Å². The molecular weight excluding hydrogens is 392 g/mol. The normalized spacial score (nSPS) is 22.0. The number of nitrogens with zero attached hydrogens (tertiary/aromatic N) is 4. The van der Waals surface area contributed by atoms with E-state index < -0.39 is 0 Å². The zero-order chi connectivity index (χ0) is 20.5. The van der Waals surface area contributed by atoms with Crippen LogP contribution >= 0.6 is 11.3 Å². The number of piperidine rings is 1. The van der Waals surface area contributed by atoms with E-state index in [4.69, 9.17) is 4.98 Å². The summed E-state index contributed by atoms with van der Waals surface area (Å²) in [5.41, 5.74) is 1.83. The molecule has 0 radical (unpaired) electrons. The average Bonchev–Trinajstić information content (AvgIpc) is 3.21. The van der Waals surface area contributed by atoms with Crippen molar-refractivity contribution >= 4 is 21.6 Å². The maximum Gasteiger partial charge on any atom is 0.263 e. The van der Waals surface area contributed by atoms with Crippen molar-refractivity contribution in [2.45, 2.75) is 45.2 Å². The van der Waals surface area contributed by atoms with E-state index in [2.05, 4.69) is 11.0 Å². The molecule has 0 bridgehead atoms. The Bertz CT molecular complexity index is 1140. The lowest BCUT2D eigenvalue weighted by Gasteiger charge is -2.41. The minimum Gasteiger partial charge on any atom is -0.296 e. The topological polar surface area (TPSA) is 61.9 Å². The van der Waals surface area contributed by atoms with Gasteiger partial charge in [0.2, 0.25) is 0 Å². The lowest BCUT2D eigenvalue weighted by molar-refractivity contribution is 0.0794. The van der Waals surface area contributed by atoms with Crippen LogP contribution in [-0.4, -0.2) is 27.5 Å². The fraction of sp³-hybridized carbons (Fsp3) is 0.458. The van der Waals surface area contributed by atoms with Gasteiger partial charge < -0.3 is 0 Å². The van der Waals surface area contributed by atoms with Crippen LogP contribution in [-0.2, 0) is 13.1 Å². The molecule has 3 heterocycles. The van der Waals surface area contributed by atoms with Gasteiger partial charge >= 0.3 is 0 Å². The van der Waals surface area contributed by atoms with Gasteiger partial charge in [-0.25, -0.2) is 4.98 Å². The summed E-state index contributed by atoms with van der Waals surface area (Å²) in [5, 5.41) is 12.0. The lowest BCUT2D eigenvalue weighted by atomic mass is 9.75. The molecule has 2 aliphatic rings. The van der Waals surface area contributed by atoms with Gasteiger partial charge in [-0.3, -0.25) is 14.3 Å². The van der Waals surface area contributed by atoms with Crippen LogP contribution in [0, 0.1) is 23.2 Å². The molecule has 3 aromatic rings. The third kappa shape index (κ3) is 3.57. The molecule has 0 N–H and O–H groups in total. The van der Waals surface area contributed by atoms with E-state index in [1.165, 1.54) is 43.4 Å². The SMILES string of the molecule is N#CCn1c(CN2CC[C@H]3CCCC[C@@H]3C2)nc2scc(-c3ccccc3)c2c1=O. The maximum atomic E-state index is 13.4. The molecule has 1 aromatic carbocycles. The summed E-state index contributed by atoms with van der Waals surface area (Å²) in [7, 11) is 0. The van der Waals surface area contributed by atoms with Gasteiger partial charge in [0.15, 0.2) is 0 Å². The first-order chi connectivity index (χ1) is 14.7. The first-order valence-corrected chi connectivity index (χ1v) is 11.8. The second-order valence-electron chi connectivity index (χ2n) is 8.60. The molecule has 5 nitrogen and oxygen atoms in total. The minimum atomic E-state index is -0.0933. The van der Waals surface area contributed by atoms with E-state index in [9.17, 15) is 10.1 Å². The number of aromatic nitrogens is 2. The summed E-state index contributed by atoms with van der Waals surface area (Å²) in [6.07, 6.45) is 6.66. The van der Waals surface area contributed by atoms with Gasteiger partial charge in [-0.1, -0.05) is 49.6 Å². The van der Waals surface area contributed by atoms with Gasteiger partial charge in [-0.05, 0) is 36.8 Å². The zero-order valence-corrected chi connectivity index (χ0v) is 17.9. The quantitative estimate of drug-likeness (QED) is 0.618. The molecule has 1 saturated heterocycles. The standard InChI is InChI=1S/C24H26N4OS/c25-11-13-28-21(15-27-12-10-17-6-4-5-9-19(17)14-27)26-23-22(24(28)29)20(16-30-23)18-7-2-1-3-8-18/h1-3,7-8,16-17,19H,4-6,9-10,12-15H2/t17-,19-/m1/s1. The number of fused-ring (bicyclic) bond motifs is 2. The first kappa shape index (κ1) is 19.5. The Kier molecular flexibility index (Phi) is 5.41. The highest BCUT2D eigenvalue weighted by molar-refractivity contribution is 7.17. The van der Waals surface area contributed by atoms with Gasteiger partial charge in [-0.2, -0.15) is 5.26 Å². The highest BCUT2D eigenvalue weighted by Crippen LogP contribution is 2.36. The van der Waals surface area contributed by atoms with Crippen molar-refractivity contribution in [2.24, 2.45) is 11.8 Å². The van der Waals surface area contributed by atoms with Crippen molar-refractivity contribution in [3.05, 3.63) is 51.9 Å². The summed E-state index contributed by atoms with van der Waals surface area (Å²) < 4.78 is 1.59. The molecule has 154 valence electrons. The van der Waals surface area contributed by atoms with Gasteiger partial charge in [-0.15, -0.1) is 11.3 Å². The minimum absolute atomic E-state index is 0.0427. The van der Waals surface area contributed by atoms with Crippen LogP contribution in [0.5, 0.6) is 0 Å². The maximum absolute atomic E-state index is 13.4. The van der Waals surface area contributed by atoms with Gasteiger partial charge in [0, 0.05) is 17.5 Å². The molecule has 0 unspecified atom stereocenters. The van der Waals surface area contributed by atoms with Crippen LogP contribution in [0.25, 0.3) is 21.3 Å². The summed E-state index contributed by atoms with van der Waals surface area (Å²) in [6.45, 7) is 2.84. The Labute approximate surface area is 180 Å². The van der Waals surface area contributed by atoms with E-state index in [-0.39, 0.29) is 12.1 Å². The predicted molar refractivity (Wildman–Crippen MR) is 120 cm³/mol. The number of likely N-dealkylation sites (tertiary alicyclic amines) is 1. The van der Waals surface area contributed by atoms with E-state index in [1.807, 2.05) is 35.7 Å². The summed E-state index contributed by atoms with van der Waals surface area (Å²) in [4.78, 5) is 21.5. The van der Waals surface area contributed by atoms with Crippen molar-refractivity contribution in [2.75, 3.05) is 13.1 Å². The molecular formula is C24H26N4OS. The molecule has 0 spiro atoms. The fourth-order valence-corrected chi connectivity index (χ4v) is 6.23. The summed E-state index contributed by atoms with van der Waals surface area (Å²) in [5.74, 6) is 2.38. The fourth-order valence-electron chi connectivity index (χ4n) is 5.27. The Balaban J connectivity index is 1.50. The van der Waals surface area contributed by atoms with Crippen molar-refractivity contribution in [3.63, 3.8) is 0 Å². The monoisotopic (exact) mass is 418 g/mol. The average molecular weight is 419 g/mol.